The molecule has 1 N–H and O–H groups in total. The van der Waals surface area contributed by atoms with Gasteiger partial charge in [-0.25, -0.2) is 13.4 Å². The van der Waals surface area contributed by atoms with E-state index in [0.717, 1.165) is 33.9 Å². The van der Waals surface area contributed by atoms with E-state index in [1.807, 2.05) is 31.5 Å². The second kappa shape index (κ2) is 9.35. The number of carbonyl (C=O) groups is 1. The number of nitrogens with one attached hydrogen (secondary N) is 1. The van der Waals surface area contributed by atoms with Crippen LogP contribution in [0.3, 0.4) is 0 Å². The number of anilines is 1. The Labute approximate surface area is 200 Å². The van der Waals surface area contributed by atoms with E-state index >= 15 is 0 Å². The van der Waals surface area contributed by atoms with E-state index in [1.54, 1.807) is 42.5 Å². The summed E-state index contributed by atoms with van der Waals surface area (Å²) in [6, 6.07) is 17.9. The normalized spacial score (nSPS) is 17.1. The zero-order valence-corrected chi connectivity index (χ0v) is 18.9. The highest BCUT2D eigenvalue weighted by molar-refractivity contribution is 7.92. The summed E-state index contributed by atoms with van der Waals surface area (Å²) in [6.07, 6.45) is 6.40. The maximum Gasteiger partial charge on any atom is 0.263 e. The van der Waals surface area contributed by atoms with Crippen LogP contribution in [0.5, 0.6) is 0 Å². The van der Waals surface area contributed by atoms with Crippen molar-refractivity contribution in [3.05, 3.63) is 95.9 Å². The summed E-state index contributed by atoms with van der Waals surface area (Å²) in [5, 5.41) is 2.20. The number of hydrogen-bond donors (Lipinski definition) is 1. The Morgan fingerprint density at radius 2 is 1.85 bits per heavy atom. The predicted molar refractivity (Wildman–Crippen MR) is 134 cm³/mol. The maximum atomic E-state index is 12.9. The van der Waals surface area contributed by atoms with E-state index in [0.29, 0.717) is 6.42 Å². The molecule has 1 fully saturated rings. The minimum Gasteiger partial charge on any atom is -0.299 e. The van der Waals surface area contributed by atoms with Gasteiger partial charge in [0.2, 0.25) is 0 Å². The van der Waals surface area contributed by atoms with Crippen molar-refractivity contribution < 1.29 is 13.2 Å². The molecule has 2 aromatic heterocycles. The zero-order chi connectivity index (χ0) is 23.0. The van der Waals surface area contributed by atoms with Crippen molar-refractivity contribution in [3.63, 3.8) is 0 Å². The van der Waals surface area contributed by atoms with Crippen LogP contribution in [0.1, 0.15) is 36.5 Å². The number of fused-ring (bicyclic) bond motifs is 1. The molecule has 2 heterocycles. The van der Waals surface area contributed by atoms with Gasteiger partial charge in [-0.3, -0.25) is 14.5 Å². The van der Waals surface area contributed by atoms with Crippen LogP contribution in [0.2, 0.25) is 0 Å². The lowest BCUT2D eigenvalue weighted by molar-refractivity contribution is -0.119. The van der Waals surface area contributed by atoms with Gasteiger partial charge in [0.25, 0.3) is 10.0 Å². The topological polar surface area (TPSA) is 89.0 Å². The number of sulfonamides is 1. The number of benzene rings is 2. The van der Waals surface area contributed by atoms with E-state index < -0.39 is 10.0 Å². The molecule has 1 aliphatic rings. The molecule has 2 aromatic carbocycles. The Balaban J connectivity index is 0.00000274. The van der Waals surface area contributed by atoms with Crippen molar-refractivity contribution in [2.75, 3.05) is 4.72 Å². The van der Waals surface area contributed by atoms with Crippen molar-refractivity contribution >= 4 is 32.4 Å². The fourth-order valence-electron chi connectivity index (χ4n) is 4.23. The van der Waals surface area contributed by atoms with Gasteiger partial charge >= 0.3 is 0 Å². The number of Topliss-reactive ketones (excluding diaryl/α,β-unsaturated/α-hetero) is 1. The molecule has 6 nitrogen and oxygen atoms in total. The summed E-state index contributed by atoms with van der Waals surface area (Å²) >= 11 is 0. The molecular formula is C27H27N3O3S. The highest BCUT2D eigenvalue weighted by Gasteiger charge is 2.43. The highest BCUT2D eigenvalue weighted by atomic mass is 32.2. The number of nitrogens with zero attached hydrogens (tertiary/aromatic N) is 2. The third-order valence-electron chi connectivity index (χ3n) is 6.13. The van der Waals surface area contributed by atoms with E-state index in [2.05, 4.69) is 20.8 Å². The molecular weight excluding hydrogens is 446 g/mol. The lowest BCUT2D eigenvalue weighted by Crippen LogP contribution is -2.13. The molecule has 7 heteroatoms. The first-order valence-electron chi connectivity index (χ1n) is 10.8. The Bertz CT molecular complexity index is 1440. The van der Waals surface area contributed by atoms with Gasteiger partial charge in [0.1, 0.15) is 11.6 Å². The number of pyridine rings is 2. The Hall–Kier alpha value is -3.58. The number of rotatable bonds is 7. The van der Waals surface area contributed by atoms with Gasteiger partial charge in [-0.15, -0.1) is 0 Å². The molecule has 34 heavy (non-hydrogen) atoms. The monoisotopic (exact) mass is 473 g/mol. The third-order valence-corrected chi connectivity index (χ3v) is 7.50. The van der Waals surface area contributed by atoms with Crippen molar-refractivity contribution in [3.8, 4) is 0 Å². The average Bonchev–Trinajstić information content (AvgIpc) is 3.61. The first-order chi connectivity index (χ1) is 15.9. The van der Waals surface area contributed by atoms with Crippen LogP contribution in [-0.2, 0) is 21.2 Å². The van der Waals surface area contributed by atoms with Crippen molar-refractivity contribution in [2.24, 2.45) is 5.92 Å². The smallest absolute Gasteiger partial charge is 0.263 e. The van der Waals surface area contributed by atoms with E-state index in [-0.39, 0.29) is 35.8 Å². The number of hydrogen-bond acceptors (Lipinski definition) is 5. The van der Waals surface area contributed by atoms with Crippen molar-refractivity contribution in [1.29, 1.82) is 0 Å². The Morgan fingerprint density at radius 3 is 2.59 bits per heavy atom. The van der Waals surface area contributed by atoms with Gasteiger partial charge < -0.3 is 0 Å². The molecule has 0 spiro atoms. The van der Waals surface area contributed by atoms with Gasteiger partial charge in [-0.1, -0.05) is 43.8 Å². The SMILES string of the molecule is C.Cc1cncc2ccc(CC(=O)[C@@H]3C[C@H]3c3ccc(S(=O)(=O)Nc4ccccn4)cc3)cc12. The second-order valence-electron chi connectivity index (χ2n) is 8.49. The number of ketones is 1. The molecule has 0 saturated heterocycles. The standard InChI is InChI=1S/C26H23N3O3S.CH4/c1-17-15-27-16-20-6-5-18(12-22(17)20)13-25(30)24-14-23(24)19-7-9-21(10-8-19)33(31,32)29-26-4-2-3-11-28-26;/h2-12,15-16,23-24H,13-14H2,1H3,(H,28,29);1H4/t23-,24+;/m0./s1. The fraction of sp³-hybridized carbons (Fsp3) is 0.222. The predicted octanol–water partition coefficient (Wildman–Crippen LogP) is 5.29. The van der Waals surface area contributed by atoms with Crippen LogP contribution in [0.25, 0.3) is 10.8 Å². The minimum absolute atomic E-state index is 0. The van der Waals surface area contributed by atoms with Crippen LogP contribution in [0.4, 0.5) is 5.82 Å². The highest BCUT2D eigenvalue weighted by Crippen LogP contribution is 2.48. The number of aromatic nitrogens is 2. The van der Waals surface area contributed by atoms with Crippen LogP contribution in [-0.4, -0.2) is 24.2 Å². The van der Waals surface area contributed by atoms with Gasteiger partial charge in [0.15, 0.2) is 0 Å². The largest absolute Gasteiger partial charge is 0.299 e. The minimum atomic E-state index is -3.71. The lowest BCUT2D eigenvalue weighted by atomic mass is 9.99. The van der Waals surface area contributed by atoms with Crippen LogP contribution >= 0.6 is 0 Å². The average molecular weight is 474 g/mol. The molecule has 5 rings (SSSR count). The first-order valence-corrected chi connectivity index (χ1v) is 12.3. The molecule has 2 atom stereocenters. The van der Waals surface area contributed by atoms with Gasteiger partial charge in [-0.2, -0.15) is 0 Å². The molecule has 0 aliphatic heterocycles. The van der Waals surface area contributed by atoms with Gasteiger partial charge in [0.05, 0.1) is 4.90 Å². The third kappa shape index (κ3) is 4.84. The molecule has 1 saturated carbocycles. The van der Waals surface area contributed by atoms with Crippen molar-refractivity contribution in [1.82, 2.24) is 9.97 Å². The summed E-state index contributed by atoms with van der Waals surface area (Å²) in [5.74, 6) is 0.617. The van der Waals surface area contributed by atoms with Crippen LogP contribution in [0.15, 0.2) is 84.1 Å². The molecule has 4 aromatic rings. The molecule has 0 amide bonds. The molecule has 0 radical (unpaired) electrons. The van der Waals surface area contributed by atoms with E-state index in [9.17, 15) is 13.2 Å². The Morgan fingerprint density at radius 1 is 1.06 bits per heavy atom. The molecule has 174 valence electrons. The number of aryl methyl sites for hydroxylation is 1. The maximum absolute atomic E-state index is 12.9. The number of carbonyl (C=O) groups excluding carboxylic acids is 1. The Kier molecular flexibility index (Phi) is 6.48. The van der Waals surface area contributed by atoms with E-state index in [1.165, 1.54) is 6.20 Å². The summed E-state index contributed by atoms with van der Waals surface area (Å²) in [5.41, 5.74) is 3.10. The summed E-state index contributed by atoms with van der Waals surface area (Å²) in [7, 11) is -3.71. The fourth-order valence-corrected chi connectivity index (χ4v) is 5.24. The molecule has 1 aliphatic carbocycles. The van der Waals surface area contributed by atoms with Gasteiger partial charge in [0, 0.05) is 36.3 Å². The van der Waals surface area contributed by atoms with Crippen molar-refractivity contribution in [2.45, 2.75) is 38.0 Å². The molecule has 0 bridgehead atoms. The first kappa shape index (κ1) is 23.6. The zero-order valence-electron chi connectivity index (χ0n) is 18.1. The quantitative estimate of drug-likeness (QED) is 0.394. The van der Waals surface area contributed by atoms with E-state index in [4.69, 9.17) is 0 Å². The summed E-state index contributed by atoms with van der Waals surface area (Å²) < 4.78 is 27.6. The van der Waals surface area contributed by atoms with Crippen LogP contribution in [0, 0.1) is 12.8 Å². The van der Waals surface area contributed by atoms with Crippen LogP contribution < -0.4 is 4.72 Å². The lowest BCUT2D eigenvalue weighted by Gasteiger charge is -2.08. The summed E-state index contributed by atoms with van der Waals surface area (Å²) in [4.78, 5) is 21.3. The second-order valence-corrected chi connectivity index (χ2v) is 10.2. The summed E-state index contributed by atoms with van der Waals surface area (Å²) in [6.45, 7) is 2.02. The van der Waals surface area contributed by atoms with Gasteiger partial charge in [-0.05, 0) is 65.6 Å². The molecule has 0 unspecified atom stereocenters.